The average Bonchev–Trinajstić information content (AvgIpc) is 2.81. The molecule has 0 aliphatic heterocycles. The Morgan fingerprint density at radius 1 is 1.24 bits per heavy atom. The van der Waals surface area contributed by atoms with Crippen molar-refractivity contribution in [3.63, 3.8) is 0 Å². The van der Waals surface area contributed by atoms with Crippen molar-refractivity contribution in [3.8, 4) is 0 Å². The standard InChI is InChI=1S/C21H29NO3/c1-19-7-4-14(23)11-16(19)13(12-25-3)10-17-15(19)5-8-20(2)18(24)6-9-21(17,20)22/h4,7,11,13,15,17H,5-6,8-10,12,22H2,1-3H3/t13-,15+,17-,19-,20-,21-/m1/s1. The van der Waals surface area contributed by atoms with Gasteiger partial charge in [0, 0.05) is 35.8 Å². The van der Waals surface area contributed by atoms with E-state index >= 15 is 0 Å². The highest BCUT2D eigenvalue weighted by atomic mass is 16.5. The second-order valence-corrected chi connectivity index (χ2v) is 9.05. The fourth-order valence-corrected chi connectivity index (χ4v) is 6.59. The molecular formula is C21H29NO3. The van der Waals surface area contributed by atoms with Crippen LogP contribution >= 0.6 is 0 Å². The number of methoxy groups -OCH3 is 1. The first kappa shape index (κ1) is 17.2. The van der Waals surface area contributed by atoms with Crippen molar-refractivity contribution in [2.45, 2.75) is 51.5 Å². The van der Waals surface area contributed by atoms with Crippen LogP contribution in [-0.4, -0.2) is 30.8 Å². The highest BCUT2D eigenvalue weighted by molar-refractivity contribution is 6.01. The first-order valence-electron chi connectivity index (χ1n) is 9.52. The summed E-state index contributed by atoms with van der Waals surface area (Å²) in [5, 5.41) is 0. The van der Waals surface area contributed by atoms with Crippen LogP contribution < -0.4 is 5.73 Å². The molecule has 25 heavy (non-hydrogen) atoms. The molecule has 6 atom stereocenters. The summed E-state index contributed by atoms with van der Waals surface area (Å²) in [5.74, 6) is 1.30. The van der Waals surface area contributed by atoms with E-state index in [-0.39, 0.29) is 23.0 Å². The minimum absolute atomic E-state index is 0.0752. The molecule has 2 N–H and O–H groups in total. The van der Waals surface area contributed by atoms with Gasteiger partial charge < -0.3 is 10.5 Å². The van der Waals surface area contributed by atoms with Crippen LogP contribution in [0, 0.1) is 28.6 Å². The first-order chi connectivity index (χ1) is 11.8. The van der Waals surface area contributed by atoms with Crippen LogP contribution in [-0.2, 0) is 14.3 Å². The second-order valence-electron chi connectivity index (χ2n) is 9.05. The summed E-state index contributed by atoms with van der Waals surface area (Å²) in [5.41, 5.74) is 7.27. The Morgan fingerprint density at radius 2 is 2.00 bits per heavy atom. The molecule has 4 nitrogen and oxygen atoms in total. The quantitative estimate of drug-likeness (QED) is 0.837. The van der Waals surface area contributed by atoms with Crippen LogP contribution in [0.4, 0.5) is 0 Å². The third kappa shape index (κ3) is 2.07. The zero-order valence-electron chi connectivity index (χ0n) is 15.5. The predicted molar refractivity (Wildman–Crippen MR) is 95.8 cm³/mol. The van der Waals surface area contributed by atoms with Gasteiger partial charge in [-0.25, -0.2) is 0 Å². The predicted octanol–water partition coefficient (Wildman–Crippen LogP) is 2.82. The number of ketones is 2. The highest BCUT2D eigenvalue weighted by Crippen LogP contribution is 2.65. The lowest BCUT2D eigenvalue weighted by atomic mass is 9.44. The molecule has 4 heteroatoms. The molecule has 0 aromatic rings. The SMILES string of the molecule is COC[C@H]1C[C@@H]2[C@H](CC[C@]3(C)C(=O)CC[C@@]23N)[C@@]2(C)C=CC(=O)C=C12. The molecule has 4 aliphatic carbocycles. The van der Waals surface area contributed by atoms with E-state index in [2.05, 4.69) is 19.9 Å². The molecule has 136 valence electrons. The summed E-state index contributed by atoms with van der Waals surface area (Å²) >= 11 is 0. The molecular weight excluding hydrogens is 314 g/mol. The molecule has 0 spiro atoms. The Labute approximate surface area is 149 Å². The number of hydrogen-bond acceptors (Lipinski definition) is 4. The number of hydrogen-bond donors (Lipinski definition) is 1. The maximum absolute atomic E-state index is 12.6. The van der Waals surface area contributed by atoms with Gasteiger partial charge in [0.25, 0.3) is 0 Å². The smallest absolute Gasteiger partial charge is 0.178 e. The van der Waals surface area contributed by atoms with Gasteiger partial charge >= 0.3 is 0 Å². The minimum Gasteiger partial charge on any atom is -0.384 e. The van der Waals surface area contributed by atoms with E-state index in [9.17, 15) is 9.59 Å². The van der Waals surface area contributed by atoms with E-state index in [1.165, 1.54) is 5.57 Å². The first-order valence-corrected chi connectivity index (χ1v) is 9.52. The molecule has 0 bridgehead atoms. The summed E-state index contributed by atoms with van der Waals surface area (Å²) < 4.78 is 5.50. The van der Waals surface area contributed by atoms with Crippen molar-refractivity contribution in [3.05, 3.63) is 23.8 Å². The fraction of sp³-hybridized carbons (Fsp3) is 0.714. The molecule has 0 saturated heterocycles. The van der Waals surface area contributed by atoms with E-state index in [4.69, 9.17) is 10.5 Å². The Bertz CT molecular complexity index is 695. The van der Waals surface area contributed by atoms with E-state index in [1.54, 1.807) is 13.2 Å². The van der Waals surface area contributed by atoms with E-state index in [1.807, 2.05) is 6.08 Å². The zero-order valence-corrected chi connectivity index (χ0v) is 15.5. The van der Waals surface area contributed by atoms with Crippen molar-refractivity contribution in [2.75, 3.05) is 13.7 Å². The molecule has 0 aromatic carbocycles. The lowest BCUT2D eigenvalue weighted by Gasteiger charge is -2.61. The van der Waals surface area contributed by atoms with Gasteiger partial charge in [0.1, 0.15) is 5.78 Å². The van der Waals surface area contributed by atoms with Crippen LogP contribution in [0.2, 0.25) is 0 Å². The molecule has 4 rings (SSSR count). The van der Waals surface area contributed by atoms with Crippen molar-refractivity contribution < 1.29 is 14.3 Å². The van der Waals surface area contributed by atoms with Crippen molar-refractivity contribution in [1.82, 2.24) is 0 Å². The maximum atomic E-state index is 12.6. The fourth-order valence-electron chi connectivity index (χ4n) is 6.59. The molecule has 0 unspecified atom stereocenters. The molecule has 0 heterocycles. The van der Waals surface area contributed by atoms with Crippen LogP contribution in [0.25, 0.3) is 0 Å². The number of ether oxygens (including phenoxy) is 1. The molecule has 0 radical (unpaired) electrons. The van der Waals surface area contributed by atoms with E-state index in [0.717, 1.165) is 25.7 Å². The molecule has 4 aliphatic rings. The topological polar surface area (TPSA) is 69.4 Å². The van der Waals surface area contributed by atoms with Gasteiger partial charge in [-0.05, 0) is 49.7 Å². The highest BCUT2D eigenvalue weighted by Gasteiger charge is 2.66. The van der Waals surface area contributed by atoms with Gasteiger partial charge in [0.15, 0.2) is 5.78 Å². The Kier molecular flexibility index (Phi) is 3.69. The molecule has 0 amide bonds. The summed E-state index contributed by atoms with van der Waals surface area (Å²) in [7, 11) is 1.72. The van der Waals surface area contributed by atoms with Crippen molar-refractivity contribution in [1.29, 1.82) is 0 Å². The maximum Gasteiger partial charge on any atom is 0.178 e. The number of nitrogens with two attached hydrogens (primary N) is 1. The number of carbonyl (C=O) groups excluding carboxylic acids is 2. The normalized spacial score (nSPS) is 48.6. The van der Waals surface area contributed by atoms with Gasteiger partial charge in [0.2, 0.25) is 0 Å². The van der Waals surface area contributed by atoms with Crippen LogP contribution in [0.15, 0.2) is 23.8 Å². The van der Waals surface area contributed by atoms with Gasteiger partial charge in [-0.3, -0.25) is 9.59 Å². The van der Waals surface area contributed by atoms with Crippen LogP contribution in [0.1, 0.15) is 46.0 Å². The van der Waals surface area contributed by atoms with Crippen molar-refractivity contribution >= 4 is 11.6 Å². The van der Waals surface area contributed by atoms with Crippen molar-refractivity contribution in [2.24, 2.45) is 34.3 Å². The number of fused-ring (bicyclic) bond motifs is 5. The zero-order chi connectivity index (χ0) is 18.0. The van der Waals surface area contributed by atoms with Gasteiger partial charge in [-0.1, -0.05) is 25.5 Å². The lowest BCUT2D eigenvalue weighted by molar-refractivity contribution is -0.134. The molecule has 3 fully saturated rings. The molecule has 0 aromatic heterocycles. The third-order valence-corrected chi connectivity index (χ3v) is 8.14. The Hall–Kier alpha value is -1.26. The van der Waals surface area contributed by atoms with E-state index in [0.29, 0.717) is 24.7 Å². The second kappa shape index (κ2) is 5.37. The summed E-state index contributed by atoms with van der Waals surface area (Å²) in [4.78, 5) is 24.7. The van der Waals surface area contributed by atoms with Gasteiger partial charge in [-0.15, -0.1) is 0 Å². The number of Topliss-reactive ketones (excluding diaryl/α,β-unsaturated/α-hetero) is 1. The lowest BCUT2D eigenvalue weighted by Crippen LogP contribution is -2.66. The largest absolute Gasteiger partial charge is 0.384 e. The number of rotatable bonds is 2. The third-order valence-electron chi connectivity index (χ3n) is 8.14. The number of allylic oxidation sites excluding steroid dienone is 3. The average molecular weight is 343 g/mol. The monoisotopic (exact) mass is 343 g/mol. The Morgan fingerprint density at radius 3 is 2.72 bits per heavy atom. The number of carbonyl (C=O) groups is 2. The van der Waals surface area contributed by atoms with Crippen LogP contribution in [0.5, 0.6) is 0 Å². The molecule has 3 saturated carbocycles. The summed E-state index contributed by atoms with van der Waals surface area (Å²) in [6.45, 7) is 4.95. The van der Waals surface area contributed by atoms with E-state index < -0.39 is 11.0 Å². The summed E-state index contributed by atoms with van der Waals surface area (Å²) in [6, 6.07) is 0. The van der Waals surface area contributed by atoms with Gasteiger partial charge in [0.05, 0.1) is 6.61 Å². The summed E-state index contributed by atoms with van der Waals surface area (Å²) in [6.07, 6.45) is 9.83. The Balaban J connectivity index is 1.81. The minimum atomic E-state index is -0.428. The van der Waals surface area contributed by atoms with Crippen LogP contribution in [0.3, 0.4) is 0 Å². The van der Waals surface area contributed by atoms with Gasteiger partial charge in [-0.2, -0.15) is 0 Å².